The minimum atomic E-state index is -3.92. The first-order valence-electron chi connectivity index (χ1n) is 11.1. The normalized spacial score (nSPS) is 11.6. The van der Waals surface area contributed by atoms with Gasteiger partial charge in [0.1, 0.15) is 17.1 Å². The second kappa shape index (κ2) is 11.0. The van der Waals surface area contributed by atoms with Crippen LogP contribution in [0.3, 0.4) is 0 Å². The molecule has 0 fully saturated rings. The Morgan fingerprint density at radius 2 is 1.73 bits per heavy atom. The molecule has 1 aromatic heterocycles. The number of aromatic nitrogens is 1. The molecule has 0 atom stereocenters. The third-order valence-corrected chi connectivity index (χ3v) is 8.36. The number of carbonyl (C=O) groups excluding carboxylic acids is 1. The van der Waals surface area contributed by atoms with Crippen LogP contribution in [-0.2, 0) is 10.0 Å². The summed E-state index contributed by atoms with van der Waals surface area (Å²) in [5.74, 6) is -0.280. The minimum absolute atomic E-state index is 0.0751. The number of thiazole rings is 1. The van der Waals surface area contributed by atoms with E-state index >= 15 is 0 Å². The van der Waals surface area contributed by atoms with Crippen molar-refractivity contribution in [2.24, 2.45) is 0 Å². The maximum Gasteiger partial charge on any atom is 0.261 e. The molecular weight excluding hydrogens is 539 g/mol. The Hall–Kier alpha value is -3.25. The molecule has 4 rings (SSSR count). The van der Waals surface area contributed by atoms with Gasteiger partial charge in [-0.3, -0.25) is 14.4 Å². The highest BCUT2D eigenvalue weighted by Crippen LogP contribution is 2.39. The predicted octanol–water partition coefficient (Wildman–Crippen LogP) is 5.11. The molecule has 0 spiro atoms. The number of benzene rings is 3. The van der Waals surface area contributed by atoms with Gasteiger partial charge in [-0.2, -0.15) is 0 Å². The zero-order valence-electron chi connectivity index (χ0n) is 20.2. The number of halogens is 2. The topological polar surface area (TPSA) is 91.8 Å². The van der Waals surface area contributed by atoms with Crippen LogP contribution in [0.1, 0.15) is 10.4 Å². The van der Waals surface area contributed by atoms with Crippen molar-refractivity contribution in [2.75, 3.05) is 43.9 Å². The van der Waals surface area contributed by atoms with Crippen molar-refractivity contribution >= 4 is 59.9 Å². The molecule has 4 aromatic rings. The van der Waals surface area contributed by atoms with Crippen LogP contribution in [0, 0.1) is 5.82 Å². The maximum atomic E-state index is 13.6. The summed E-state index contributed by atoms with van der Waals surface area (Å²) in [7, 11) is 1.44. The van der Waals surface area contributed by atoms with Crippen LogP contribution in [0.25, 0.3) is 10.2 Å². The van der Waals surface area contributed by atoms with Crippen LogP contribution in [0.5, 0.6) is 5.75 Å². The molecule has 0 aliphatic heterocycles. The molecule has 37 heavy (non-hydrogen) atoms. The summed E-state index contributed by atoms with van der Waals surface area (Å²) in [6.07, 6.45) is 0. The Bertz CT molecular complexity index is 1530. The van der Waals surface area contributed by atoms with Gasteiger partial charge in [0.15, 0.2) is 5.13 Å². The molecular formula is C25H24ClFN4O4S2. The lowest BCUT2D eigenvalue weighted by molar-refractivity contribution is 0.0985. The van der Waals surface area contributed by atoms with Crippen LogP contribution in [0.2, 0.25) is 5.02 Å². The summed E-state index contributed by atoms with van der Waals surface area (Å²) in [5, 5.41) is 0.978. The number of methoxy groups -OCH3 is 1. The second-order valence-electron chi connectivity index (χ2n) is 8.32. The first-order valence-corrected chi connectivity index (χ1v) is 13.7. The number of rotatable bonds is 9. The zero-order valence-corrected chi connectivity index (χ0v) is 22.6. The Kier molecular flexibility index (Phi) is 7.98. The SMILES string of the molecule is COc1ccc(Cl)c2sc(N(CCN(C)C)C(=O)c3ccc(NS(=O)(=O)c4ccc(F)cc4)cc3)nc12. The molecule has 0 radical (unpaired) electrons. The molecule has 194 valence electrons. The summed E-state index contributed by atoms with van der Waals surface area (Å²) in [4.78, 5) is 21.7. The van der Waals surface area contributed by atoms with Crippen molar-refractivity contribution in [1.82, 2.24) is 9.88 Å². The molecule has 3 aromatic carbocycles. The van der Waals surface area contributed by atoms with Gasteiger partial charge in [0, 0.05) is 24.3 Å². The summed E-state index contributed by atoms with van der Waals surface area (Å²) >= 11 is 7.67. The van der Waals surface area contributed by atoms with E-state index in [-0.39, 0.29) is 16.5 Å². The van der Waals surface area contributed by atoms with Gasteiger partial charge in [0.2, 0.25) is 0 Å². The lowest BCUT2D eigenvalue weighted by Crippen LogP contribution is -2.36. The van der Waals surface area contributed by atoms with Gasteiger partial charge in [-0.1, -0.05) is 22.9 Å². The van der Waals surface area contributed by atoms with E-state index in [4.69, 9.17) is 16.3 Å². The summed E-state index contributed by atoms with van der Waals surface area (Å²) in [6.45, 7) is 0.951. The Labute approximate surface area is 223 Å². The smallest absolute Gasteiger partial charge is 0.261 e. The Morgan fingerprint density at radius 3 is 2.35 bits per heavy atom. The van der Waals surface area contributed by atoms with E-state index < -0.39 is 15.8 Å². The van der Waals surface area contributed by atoms with E-state index in [1.807, 2.05) is 19.0 Å². The van der Waals surface area contributed by atoms with Crippen LogP contribution >= 0.6 is 22.9 Å². The van der Waals surface area contributed by atoms with Gasteiger partial charge >= 0.3 is 0 Å². The largest absolute Gasteiger partial charge is 0.494 e. The summed E-state index contributed by atoms with van der Waals surface area (Å²) < 4.78 is 46.9. The van der Waals surface area contributed by atoms with Gasteiger partial charge in [0.05, 0.1) is 21.7 Å². The number of anilines is 2. The molecule has 1 heterocycles. The first-order chi connectivity index (χ1) is 17.6. The highest BCUT2D eigenvalue weighted by atomic mass is 35.5. The van der Waals surface area contributed by atoms with E-state index in [0.717, 1.165) is 12.1 Å². The van der Waals surface area contributed by atoms with E-state index in [2.05, 4.69) is 9.71 Å². The molecule has 1 amide bonds. The third-order valence-electron chi connectivity index (χ3n) is 5.42. The van der Waals surface area contributed by atoms with Gasteiger partial charge in [-0.05, 0) is 74.8 Å². The standard InChI is InChI=1S/C25H24ClFN4O4S2/c1-30(2)14-15-31(25-28-22-21(35-3)13-12-20(26)23(22)36-25)24(32)16-4-8-18(9-5-16)29-37(33,34)19-10-6-17(27)7-11-19/h4-13,29H,14-15H2,1-3H3. The van der Waals surface area contributed by atoms with Gasteiger partial charge in [0.25, 0.3) is 15.9 Å². The molecule has 8 nitrogen and oxygen atoms in total. The monoisotopic (exact) mass is 562 g/mol. The molecule has 0 bridgehead atoms. The summed E-state index contributed by atoms with van der Waals surface area (Å²) in [5.41, 5.74) is 1.18. The lowest BCUT2D eigenvalue weighted by atomic mass is 10.2. The number of sulfonamides is 1. The van der Waals surface area contributed by atoms with Crippen LogP contribution < -0.4 is 14.4 Å². The van der Waals surface area contributed by atoms with Crippen molar-refractivity contribution in [3.05, 3.63) is 77.1 Å². The number of ether oxygens (including phenoxy) is 1. The summed E-state index contributed by atoms with van der Waals surface area (Å²) in [6, 6.07) is 14.0. The maximum absolute atomic E-state index is 13.6. The van der Waals surface area contributed by atoms with E-state index in [9.17, 15) is 17.6 Å². The first kappa shape index (κ1) is 26.8. The fourth-order valence-corrected chi connectivity index (χ4v) is 5.81. The molecule has 0 unspecified atom stereocenters. The Morgan fingerprint density at radius 1 is 1.05 bits per heavy atom. The Balaban J connectivity index is 1.61. The number of fused-ring (bicyclic) bond motifs is 1. The molecule has 0 aliphatic carbocycles. The molecule has 12 heteroatoms. The van der Waals surface area contributed by atoms with Crippen LogP contribution in [-0.4, -0.2) is 58.5 Å². The number of nitrogens with zero attached hydrogens (tertiary/aromatic N) is 3. The predicted molar refractivity (Wildman–Crippen MR) is 145 cm³/mol. The van der Waals surface area contributed by atoms with Crippen molar-refractivity contribution in [3.63, 3.8) is 0 Å². The van der Waals surface area contributed by atoms with Gasteiger partial charge in [-0.15, -0.1) is 0 Å². The van der Waals surface area contributed by atoms with Crippen LogP contribution in [0.4, 0.5) is 15.2 Å². The number of hydrogen-bond donors (Lipinski definition) is 1. The third kappa shape index (κ3) is 6.02. The minimum Gasteiger partial charge on any atom is -0.494 e. The van der Waals surface area contributed by atoms with E-state index in [1.165, 1.54) is 47.7 Å². The average molecular weight is 563 g/mol. The second-order valence-corrected chi connectivity index (χ2v) is 11.4. The van der Waals surface area contributed by atoms with Crippen molar-refractivity contribution < 1.29 is 22.3 Å². The molecule has 0 saturated heterocycles. The van der Waals surface area contributed by atoms with Gasteiger partial charge in [-0.25, -0.2) is 17.8 Å². The number of nitrogens with one attached hydrogen (secondary N) is 1. The number of amides is 1. The van der Waals surface area contributed by atoms with Crippen molar-refractivity contribution in [3.8, 4) is 5.75 Å². The quantitative estimate of drug-likeness (QED) is 0.305. The molecule has 0 saturated carbocycles. The molecule has 1 N–H and O–H groups in total. The number of hydrogen-bond acceptors (Lipinski definition) is 7. The van der Waals surface area contributed by atoms with Crippen molar-refractivity contribution in [1.29, 1.82) is 0 Å². The van der Waals surface area contributed by atoms with Crippen molar-refractivity contribution in [2.45, 2.75) is 4.90 Å². The zero-order chi connectivity index (χ0) is 26.7. The van der Waals surface area contributed by atoms with Crippen LogP contribution in [0.15, 0.2) is 65.6 Å². The highest BCUT2D eigenvalue weighted by Gasteiger charge is 2.24. The highest BCUT2D eigenvalue weighted by molar-refractivity contribution is 7.92. The fourth-order valence-electron chi connectivity index (χ4n) is 3.47. The van der Waals surface area contributed by atoms with E-state index in [0.29, 0.717) is 44.8 Å². The van der Waals surface area contributed by atoms with Gasteiger partial charge < -0.3 is 9.64 Å². The number of carbonyl (C=O) groups is 1. The fraction of sp³-hybridized carbons (Fsp3) is 0.200. The average Bonchev–Trinajstić information content (AvgIpc) is 3.31. The molecule has 0 aliphatic rings. The lowest BCUT2D eigenvalue weighted by Gasteiger charge is -2.22. The number of likely N-dealkylation sites (N-methyl/N-ethyl adjacent to an activating group) is 1. The van der Waals surface area contributed by atoms with E-state index in [1.54, 1.807) is 24.1 Å².